The van der Waals surface area contributed by atoms with Crippen molar-refractivity contribution in [1.29, 1.82) is 0 Å². The summed E-state index contributed by atoms with van der Waals surface area (Å²) in [6.45, 7) is 2.75. The van der Waals surface area contributed by atoms with Crippen molar-refractivity contribution >= 4 is 0 Å². The molecule has 1 heterocycles. The molecule has 11 heavy (non-hydrogen) atoms. The number of hydrogen-bond acceptors (Lipinski definition) is 3. The minimum absolute atomic E-state index is 0.158. The summed E-state index contributed by atoms with van der Waals surface area (Å²) in [6.07, 6.45) is 1.65. The highest BCUT2D eigenvalue weighted by Gasteiger charge is 2.05. The van der Waals surface area contributed by atoms with Crippen LogP contribution in [0, 0.1) is 0 Å². The molecule has 1 atom stereocenters. The lowest BCUT2D eigenvalue weighted by Gasteiger charge is -2.08. The zero-order valence-corrected chi connectivity index (χ0v) is 6.58. The van der Waals surface area contributed by atoms with Gasteiger partial charge in [-0.1, -0.05) is 0 Å². The molecule has 0 fully saturated rings. The highest BCUT2D eigenvalue weighted by Crippen LogP contribution is 2.10. The van der Waals surface area contributed by atoms with Crippen LogP contribution in [0.3, 0.4) is 0 Å². The highest BCUT2D eigenvalue weighted by molar-refractivity contribution is 5.02. The van der Waals surface area contributed by atoms with Crippen LogP contribution < -0.4 is 5.32 Å². The second-order valence-corrected chi connectivity index (χ2v) is 2.41. The van der Waals surface area contributed by atoms with Crippen LogP contribution >= 0.6 is 0 Å². The molecule has 0 saturated carbocycles. The topological polar surface area (TPSA) is 45.4 Å². The van der Waals surface area contributed by atoms with Crippen molar-refractivity contribution in [2.75, 3.05) is 13.2 Å². The van der Waals surface area contributed by atoms with Crippen molar-refractivity contribution in [3.63, 3.8) is 0 Å². The first-order chi connectivity index (χ1) is 5.34. The third-order valence-electron chi connectivity index (χ3n) is 1.53. The van der Waals surface area contributed by atoms with Crippen LogP contribution in [0.4, 0.5) is 0 Å². The minimum Gasteiger partial charge on any atom is -0.468 e. The fraction of sp³-hybridized carbons (Fsp3) is 0.500. The van der Waals surface area contributed by atoms with E-state index in [0.717, 1.165) is 5.76 Å². The fourth-order valence-corrected chi connectivity index (χ4v) is 0.919. The van der Waals surface area contributed by atoms with E-state index in [4.69, 9.17) is 9.52 Å². The summed E-state index contributed by atoms with van der Waals surface area (Å²) in [7, 11) is 0. The van der Waals surface area contributed by atoms with E-state index < -0.39 is 0 Å². The molecule has 0 spiro atoms. The van der Waals surface area contributed by atoms with Crippen molar-refractivity contribution in [2.24, 2.45) is 0 Å². The summed E-state index contributed by atoms with van der Waals surface area (Å²) in [4.78, 5) is 0. The standard InChI is InChI=1S/C8H13NO2/c1-7(9-4-5-10)8-3-2-6-11-8/h2-3,6-7,9-10H,4-5H2,1H3/t7-/m0/s1. The largest absolute Gasteiger partial charge is 0.468 e. The molecule has 1 rings (SSSR count). The Balaban J connectivity index is 2.36. The molecule has 0 amide bonds. The van der Waals surface area contributed by atoms with Gasteiger partial charge in [-0.05, 0) is 19.1 Å². The Morgan fingerprint density at radius 1 is 1.73 bits per heavy atom. The predicted octanol–water partition coefficient (Wildman–Crippen LogP) is 0.923. The Morgan fingerprint density at radius 3 is 3.09 bits per heavy atom. The van der Waals surface area contributed by atoms with Crippen molar-refractivity contribution in [1.82, 2.24) is 5.32 Å². The Morgan fingerprint density at radius 2 is 2.55 bits per heavy atom. The second kappa shape index (κ2) is 4.16. The number of aliphatic hydroxyl groups is 1. The van der Waals surface area contributed by atoms with E-state index in [1.807, 2.05) is 19.1 Å². The van der Waals surface area contributed by atoms with Gasteiger partial charge in [-0.2, -0.15) is 0 Å². The molecule has 1 aromatic rings. The highest BCUT2D eigenvalue weighted by atomic mass is 16.3. The van der Waals surface area contributed by atoms with Crippen LogP contribution in [-0.2, 0) is 0 Å². The van der Waals surface area contributed by atoms with E-state index in [-0.39, 0.29) is 12.6 Å². The molecule has 3 heteroatoms. The molecular weight excluding hydrogens is 142 g/mol. The Kier molecular flexibility index (Phi) is 3.14. The molecule has 3 nitrogen and oxygen atoms in total. The van der Waals surface area contributed by atoms with E-state index >= 15 is 0 Å². The normalized spacial score (nSPS) is 13.3. The third-order valence-corrected chi connectivity index (χ3v) is 1.53. The lowest BCUT2D eigenvalue weighted by molar-refractivity contribution is 0.281. The average Bonchev–Trinajstić information content (AvgIpc) is 2.52. The van der Waals surface area contributed by atoms with Crippen molar-refractivity contribution in [3.05, 3.63) is 24.2 Å². The SMILES string of the molecule is C[C@H](NCCO)c1ccco1. The molecule has 0 aliphatic heterocycles. The first kappa shape index (κ1) is 8.30. The van der Waals surface area contributed by atoms with Gasteiger partial charge in [0.2, 0.25) is 0 Å². The van der Waals surface area contributed by atoms with Gasteiger partial charge in [-0.15, -0.1) is 0 Å². The van der Waals surface area contributed by atoms with Crippen LogP contribution in [0.5, 0.6) is 0 Å². The molecule has 0 aliphatic carbocycles. The van der Waals surface area contributed by atoms with Crippen LogP contribution in [0.2, 0.25) is 0 Å². The lowest BCUT2D eigenvalue weighted by atomic mass is 10.2. The summed E-state index contributed by atoms with van der Waals surface area (Å²) in [5.74, 6) is 0.901. The monoisotopic (exact) mass is 155 g/mol. The number of furan rings is 1. The molecule has 0 bridgehead atoms. The van der Waals surface area contributed by atoms with Gasteiger partial charge in [0.25, 0.3) is 0 Å². The van der Waals surface area contributed by atoms with Crippen molar-refractivity contribution < 1.29 is 9.52 Å². The van der Waals surface area contributed by atoms with Crippen LogP contribution in [0.1, 0.15) is 18.7 Å². The van der Waals surface area contributed by atoms with E-state index in [1.54, 1.807) is 6.26 Å². The summed E-state index contributed by atoms with van der Waals surface area (Å²) >= 11 is 0. The predicted molar refractivity (Wildman–Crippen MR) is 42.2 cm³/mol. The fourth-order valence-electron chi connectivity index (χ4n) is 0.919. The van der Waals surface area contributed by atoms with Crippen LogP contribution in [0.25, 0.3) is 0 Å². The summed E-state index contributed by atoms with van der Waals surface area (Å²) < 4.78 is 5.15. The van der Waals surface area contributed by atoms with Gasteiger partial charge in [-0.3, -0.25) is 0 Å². The van der Waals surface area contributed by atoms with Gasteiger partial charge < -0.3 is 14.8 Å². The molecular formula is C8H13NO2. The number of nitrogens with one attached hydrogen (secondary N) is 1. The maximum atomic E-state index is 8.52. The van der Waals surface area contributed by atoms with Gasteiger partial charge in [-0.25, -0.2) is 0 Å². The Labute approximate surface area is 66.0 Å². The summed E-state index contributed by atoms with van der Waals surface area (Å²) in [5.41, 5.74) is 0. The van der Waals surface area contributed by atoms with Crippen LogP contribution in [0.15, 0.2) is 22.8 Å². The maximum absolute atomic E-state index is 8.52. The van der Waals surface area contributed by atoms with E-state index in [1.165, 1.54) is 0 Å². The lowest BCUT2D eigenvalue weighted by Crippen LogP contribution is -2.21. The molecule has 0 radical (unpaired) electrons. The number of hydrogen-bond donors (Lipinski definition) is 2. The summed E-state index contributed by atoms with van der Waals surface area (Å²) in [5, 5.41) is 11.6. The van der Waals surface area contributed by atoms with Crippen LogP contribution in [-0.4, -0.2) is 18.3 Å². The number of rotatable bonds is 4. The molecule has 62 valence electrons. The van der Waals surface area contributed by atoms with Crippen molar-refractivity contribution in [3.8, 4) is 0 Å². The molecule has 0 aliphatic rings. The number of aliphatic hydroxyl groups excluding tert-OH is 1. The van der Waals surface area contributed by atoms with Crippen molar-refractivity contribution in [2.45, 2.75) is 13.0 Å². The van der Waals surface area contributed by atoms with Gasteiger partial charge in [0.15, 0.2) is 0 Å². The van der Waals surface area contributed by atoms with E-state index in [9.17, 15) is 0 Å². The van der Waals surface area contributed by atoms with Gasteiger partial charge in [0, 0.05) is 6.54 Å². The minimum atomic E-state index is 0.158. The van der Waals surface area contributed by atoms with E-state index in [0.29, 0.717) is 6.54 Å². The quantitative estimate of drug-likeness (QED) is 0.679. The molecule has 1 aromatic heterocycles. The van der Waals surface area contributed by atoms with E-state index in [2.05, 4.69) is 5.32 Å². The zero-order chi connectivity index (χ0) is 8.10. The molecule has 0 aromatic carbocycles. The average molecular weight is 155 g/mol. The Bertz CT molecular complexity index is 184. The Hall–Kier alpha value is -0.800. The summed E-state index contributed by atoms with van der Waals surface area (Å²) in [6, 6.07) is 3.94. The zero-order valence-electron chi connectivity index (χ0n) is 6.58. The van der Waals surface area contributed by atoms with Gasteiger partial charge in [0.05, 0.1) is 18.9 Å². The third kappa shape index (κ3) is 2.37. The smallest absolute Gasteiger partial charge is 0.120 e. The maximum Gasteiger partial charge on any atom is 0.120 e. The molecule has 0 saturated heterocycles. The van der Waals surface area contributed by atoms with Gasteiger partial charge >= 0.3 is 0 Å². The molecule has 0 unspecified atom stereocenters. The first-order valence-electron chi connectivity index (χ1n) is 3.72. The van der Waals surface area contributed by atoms with Gasteiger partial charge in [0.1, 0.15) is 5.76 Å². The first-order valence-corrected chi connectivity index (χ1v) is 3.72. The molecule has 2 N–H and O–H groups in total. The second-order valence-electron chi connectivity index (χ2n) is 2.41.